The first-order valence-corrected chi connectivity index (χ1v) is 16.2. The van der Waals surface area contributed by atoms with Crippen LogP contribution in [0.4, 0.5) is 105 Å². The summed E-state index contributed by atoms with van der Waals surface area (Å²) in [6.07, 6.45) is -64.9. The van der Waals surface area contributed by atoms with Gasteiger partial charge in [0.2, 0.25) is 11.3 Å². The third-order valence-electron chi connectivity index (χ3n) is 10.5. The second kappa shape index (κ2) is 15.5. The molecule has 0 aromatic carbocycles. The molecule has 0 heterocycles. The fourth-order valence-corrected chi connectivity index (χ4v) is 5.31. The molecule has 0 aromatic rings. The van der Waals surface area contributed by atoms with Gasteiger partial charge in [-0.2, -0.15) is 87.8 Å². The van der Waals surface area contributed by atoms with E-state index in [1.54, 1.807) is 0 Å². The van der Waals surface area contributed by atoms with E-state index >= 15 is 43.9 Å². The van der Waals surface area contributed by atoms with Crippen LogP contribution in [0, 0.1) is 0 Å². The molecule has 0 aromatic heterocycles. The molecule has 58 heavy (non-hydrogen) atoms. The van der Waals surface area contributed by atoms with Gasteiger partial charge in [-0.25, -0.2) is 17.6 Å². The molecule has 0 N–H and O–H groups in total. The molecule has 0 rings (SSSR count). The zero-order valence-corrected chi connectivity index (χ0v) is 31.5. The molecule has 0 aliphatic heterocycles. The summed E-state index contributed by atoms with van der Waals surface area (Å²) >= 11 is 0. The first kappa shape index (κ1) is 56.2. The summed E-state index contributed by atoms with van der Waals surface area (Å²) in [5.41, 5.74) is -44.0. The van der Waals surface area contributed by atoms with Crippen molar-refractivity contribution in [2.45, 2.75) is 189 Å². The van der Waals surface area contributed by atoms with Crippen LogP contribution in [0.2, 0.25) is 0 Å². The van der Waals surface area contributed by atoms with Crippen molar-refractivity contribution in [2.24, 2.45) is 0 Å². The van der Waals surface area contributed by atoms with Crippen LogP contribution in [0.5, 0.6) is 0 Å². The Morgan fingerprint density at radius 3 is 0.569 bits per heavy atom. The Labute approximate surface area is 314 Å². The summed E-state index contributed by atoms with van der Waals surface area (Å²) in [5, 5.41) is 0. The van der Waals surface area contributed by atoms with Gasteiger partial charge in [-0.15, -0.1) is 0 Å². The average Bonchev–Trinajstić information content (AvgIpc) is 2.99. The molecular weight excluding hydrogens is 880 g/mol. The Morgan fingerprint density at radius 2 is 0.431 bits per heavy atom. The van der Waals surface area contributed by atoms with Gasteiger partial charge in [0.25, 0.3) is 0 Å². The lowest BCUT2D eigenvalue weighted by molar-refractivity contribution is -0.521. The molecule has 0 saturated heterocycles. The Hall–Kier alpha value is -1.84. The Balaban J connectivity index is 7.79. The van der Waals surface area contributed by atoms with Crippen molar-refractivity contribution in [3.8, 4) is 0 Å². The third-order valence-corrected chi connectivity index (χ3v) is 10.5. The molecule has 0 radical (unpaired) electrons. The zero-order chi connectivity index (χ0) is 47.7. The number of halogens is 24. The van der Waals surface area contributed by atoms with Crippen molar-refractivity contribution in [1.82, 2.24) is 0 Å². The lowest BCUT2D eigenvalue weighted by Crippen LogP contribution is -2.75. The van der Waals surface area contributed by atoms with E-state index in [-0.39, 0.29) is 27.7 Å². The molecule has 0 saturated carbocycles. The summed E-state index contributed by atoms with van der Waals surface area (Å²) in [5.74, 6) is 0. The topological polar surface area (TPSA) is 36.9 Å². The highest BCUT2D eigenvalue weighted by atomic mass is 19.4. The molecule has 0 spiro atoms. The van der Waals surface area contributed by atoms with Crippen LogP contribution >= 0.6 is 0 Å². The first-order chi connectivity index (χ1) is 24.8. The van der Waals surface area contributed by atoms with Gasteiger partial charge in [-0.3, -0.25) is 0 Å². The maximum Gasteiger partial charge on any atom is 0.448 e. The Morgan fingerprint density at radius 1 is 0.259 bits per heavy atom. The van der Waals surface area contributed by atoms with Crippen LogP contribution in [0.15, 0.2) is 0 Å². The molecule has 0 fully saturated rings. The van der Waals surface area contributed by atoms with Gasteiger partial charge in [0.1, 0.15) is 22.4 Å². The molecule has 0 aliphatic rings. The van der Waals surface area contributed by atoms with E-state index in [0.717, 1.165) is 0 Å². The Kier molecular flexibility index (Phi) is 15.0. The normalized spacial score (nSPS) is 23.3. The maximum atomic E-state index is 16.1. The minimum Gasteiger partial charge on any atom is -0.307 e. The summed E-state index contributed by atoms with van der Waals surface area (Å²) in [4.78, 5) is 0. The molecule has 4 nitrogen and oxygen atoms in total. The molecule has 28 heteroatoms. The van der Waals surface area contributed by atoms with Gasteiger partial charge in [0.05, 0.1) is 0 Å². The van der Waals surface area contributed by atoms with Crippen LogP contribution in [-0.2, 0) is 18.9 Å². The monoisotopic (exact) mass is 918 g/mol. The van der Waals surface area contributed by atoms with E-state index in [4.69, 9.17) is 0 Å². The van der Waals surface area contributed by atoms with E-state index in [1.807, 2.05) is 0 Å². The largest absolute Gasteiger partial charge is 0.448 e. The van der Waals surface area contributed by atoms with Crippen molar-refractivity contribution in [3.63, 3.8) is 0 Å². The highest BCUT2D eigenvalue weighted by Gasteiger charge is 2.87. The standard InChI is InChI=1S/C30H38F24O4/c1-11-15(5,19(9,31)23(35,36)37)55-27(47,48)21(33,25(41,42)43)17(7,13-3)57-29(51,52)30(53,54)58-18(8,14-4)22(34,26(44,45)46)28(49,50)56-16(6,12-2)20(10,32)24(38,39)40/h11-14H2,1-10H3. The van der Waals surface area contributed by atoms with Crippen LogP contribution in [0.1, 0.15) is 94.9 Å². The van der Waals surface area contributed by atoms with E-state index in [1.165, 1.54) is 0 Å². The van der Waals surface area contributed by atoms with Gasteiger partial charge >= 0.3 is 60.5 Å². The lowest BCUT2D eigenvalue weighted by atomic mass is 9.79. The second-order valence-electron chi connectivity index (χ2n) is 14.1. The number of rotatable bonds is 19. The fraction of sp³-hybridized carbons (Fsp3) is 1.00. The SMILES string of the molecule is CCC(C)(OC(F)(F)C(F)(C(F)(F)F)C(C)(CC)OC(F)(F)C(F)(F)OC(C)(CC)C(F)(C(F)(F)F)C(F)(F)OC(C)(CC)C(C)(F)C(F)(F)F)C(C)(F)C(F)(F)F. The Bertz CT molecular complexity index is 1300. The van der Waals surface area contributed by atoms with Gasteiger partial charge < -0.3 is 18.9 Å². The minimum atomic E-state index is -7.51. The quantitative estimate of drug-likeness (QED) is 0.121. The van der Waals surface area contributed by atoms with Crippen molar-refractivity contribution >= 4 is 0 Å². The summed E-state index contributed by atoms with van der Waals surface area (Å²) in [7, 11) is 0. The van der Waals surface area contributed by atoms with Crippen LogP contribution in [0.3, 0.4) is 0 Å². The highest BCUT2D eigenvalue weighted by Crippen LogP contribution is 2.62. The maximum absolute atomic E-state index is 16.1. The molecule has 0 bridgehead atoms. The van der Waals surface area contributed by atoms with Crippen molar-refractivity contribution in [3.05, 3.63) is 0 Å². The first-order valence-electron chi connectivity index (χ1n) is 16.2. The van der Waals surface area contributed by atoms with Crippen LogP contribution in [0.25, 0.3) is 0 Å². The van der Waals surface area contributed by atoms with Gasteiger partial charge in [0.15, 0.2) is 0 Å². The minimum absolute atomic E-state index is 0.0339. The highest BCUT2D eigenvalue weighted by molar-refractivity contribution is 5.14. The molecular formula is C30H38F24O4. The summed E-state index contributed by atoms with van der Waals surface area (Å²) in [6, 6.07) is 0. The van der Waals surface area contributed by atoms with Crippen molar-refractivity contribution in [2.75, 3.05) is 0 Å². The third kappa shape index (κ3) is 8.63. The van der Waals surface area contributed by atoms with Gasteiger partial charge in [0, 0.05) is 0 Å². The predicted molar refractivity (Wildman–Crippen MR) is 150 cm³/mol. The number of hydrogen-bond donors (Lipinski definition) is 0. The summed E-state index contributed by atoms with van der Waals surface area (Å²) < 4.78 is 364. The van der Waals surface area contributed by atoms with Crippen molar-refractivity contribution < 1.29 is 124 Å². The van der Waals surface area contributed by atoms with Crippen molar-refractivity contribution in [1.29, 1.82) is 0 Å². The predicted octanol–water partition coefficient (Wildman–Crippen LogP) is 13.2. The lowest BCUT2D eigenvalue weighted by Gasteiger charge is -2.52. The van der Waals surface area contributed by atoms with E-state index in [0.29, 0.717) is 13.8 Å². The number of hydrogen-bond acceptors (Lipinski definition) is 4. The second-order valence-corrected chi connectivity index (χ2v) is 14.1. The molecule has 8 atom stereocenters. The van der Waals surface area contributed by atoms with E-state index in [9.17, 15) is 61.5 Å². The number of ether oxygens (including phenoxy) is 4. The van der Waals surface area contributed by atoms with Gasteiger partial charge in [-0.1, -0.05) is 27.7 Å². The fourth-order valence-electron chi connectivity index (χ4n) is 5.31. The smallest absolute Gasteiger partial charge is 0.307 e. The van der Waals surface area contributed by atoms with E-state index < -0.39 is 148 Å². The molecule has 0 amide bonds. The van der Waals surface area contributed by atoms with Crippen LogP contribution in [-0.4, -0.2) is 94.2 Å². The molecule has 0 aliphatic carbocycles. The van der Waals surface area contributed by atoms with Crippen LogP contribution < -0.4 is 0 Å². The zero-order valence-electron chi connectivity index (χ0n) is 31.5. The molecule has 350 valence electrons. The molecule has 8 unspecified atom stereocenters. The van der Waals surface area contributed by atoms with Gasteiger partial charge in [-0.05, 0) is 67.2 Å². The average molecular weight is 919 g/mol. The number of alkyl halides is 24. The van der Waals surface area contributed by atoms with E-state index in [2.05, 4.69) is 18.9 Å². The summed E-state index contributed by atoms with van der Waals surface area (Å²) in [6.45, 7) is -2.88.